The van der Waals surface area contributed by atoms with Crippen LogP contribution in [0.2, 0.25) is 0 Å². The summed E-state index contributed by atoms with van der Waals surface area (Å²) in [6, 6.07) is 16.0. The van der Waals surface area contributed by atoms with Crippen LogP contribution in [0.5, 0.6) is 5.75 Å². The van der Waals surface area contributed by atoms with E-state index in [9.17, 15) is 13.9 Å². The first kappa shape index (κ1) is 20.6. The lowest BCUT2D eigenvalue weighted by atomic mass is 10.1. The molecule has 0 saturated carbocycles. The van der Waals surface area contributed by atoms with Crippen molar-refractivity contribution in [2.75, 3.05) is 13.1 Å². The van der Waals surface area contributed by atoms with Crippen molar-refractivity contribution in [2.45, 2.75) is 26.2 Å². The molecule has 1 aromatic heterocycles. The smallest absolute Gasteiger partial charge is 0.387 e. The molecule has 1 heterocycles. The third-order valence-electron chi connectivity index (χ3n) is 4.29. The molecule has 0 amide bonds. The highest BCUT2D eigenvalue weighted by Crippen LogP contribution is 2.19. The Morgan fingerprint density at radius 2 is 1.90 bits per heavy atom. The van der Waals surface area contributed by atoms with Gasteiger partial charge in [-0.05, 0) is 42.1 Å². The molecule has 0 spiro atoms. The molecule has 0 saturated heterocycles. The highest BCUT2D eigenvalue weighted by Gasteiger charge is 2.10. The van der Waals surface area contributed by atoms with Gasteiger partial charge < -0.3 is 25.5 Å². The van der Waals surface area contributed by atoms with Crippen molar-refractivity contribution in [1.29, 1.82) is 0 Å². The Morgan fingerprint density at radius 1 is 1.14 bits per heavy atom. The summed E-state index contributed by atoms with van der Waals surface area (Å²) in [6.07, 6.45) is -0.826. The molecule has 1 unspecified atom stereocenters. The zero-order valence-electron chi connectivity index (χ0n) is 16.0. The maximum absolute atomic E-state index is 12.2. The van der Waals surface area contributed by atoms with Crippen LogP contribution in [0.4, 0.5) is 8.78 Å². The first-order valence-electron chi connectivity index (χ1n) is 9.37. The minimum atomic E-state index is -2.87. The van der Waals surface area contributed by atoms with E-state index in [2.05, 4.69) is 31.4 Å². The number of guanidine groups is 1. The van der Waals surface area contributed by atoms with Crippen molar-refractivity contribution in [3.8, 4) is 5.75 Å². The van der Waals surface area contributed by atoms with E-state index in [-0.39, 0.29) is 12.3 Å². The van der Waals surface area contributed by atoms with E-state index in [1.165, 1.54) is 12.1 Å². The predicted molar refractivity (Wildman–Crippen MR) is 109 cm³/mol. The molecule has 0 fully saturated rings. The zero-order chi connectivity index (χ0) is 20.6. The first-order valence-corrected chi connectivity index (χ1v) is 9.37. The zero-order valence-corrected chi connectivity index (χ0v) is 16.0. The van der Waals surface area contributed by atoms with Crippen molar-refractivity contribution in [2.24, 2.45) is 4.99 Å². The second-order valence-electron chi connectivity index (χ2n) is 6.42. The molecular weight excluding hydrogens is 378 g/mol. The van der Waals surface area contributed by atoms with Crippen molar-refractivity contribution >= 4 is 16.9 Å². The van der Waals surface area contributed by atoms with E-state index in [4.69, 9.17) is 0 Å². The number of hydrogen-bond donors (Lipinski definition) is 4. The Labute approximate surface area is 167 Å². The minimum absolute atomic E-state index is 0.0529. The number of aliphatic hydroxyl groups is 1. The van der Waals surface area contributed by atoms with Gasteiger partial charge in [0.2, 0.25) is 0 Å². The Morgan fingerprint density at radius 3 is 2.59 bits per heavy atom. The number of H-pyrrole nitrogens is 1. The summed E-state index contributed by atoms with van der Waals surface area (Å²) in [5.74, 6) is 0.625. The molecule has 0 radical (unpaired) electrons. The average Bonchev–Trinajstić information content (AvgIpc) is 3.13. The maximum atomic E-state index is 12.2. The molecule has 154 valence electrons. The van der Waals surface area contributed by atoms with Gasteiger partial charge in [-0.25, -0.2) is 4.99 Å². The Kier molecular flexibility index (Phi) is 7.02. The molecule has 0 aliphatic heterocycles. The number of nitrogens with one attached hydrogen (secondary N) is 3. The lowest BCUT2D eigenvalue weighted by Gasteiger charge is -2.16. The normalized spacial score (nSPS) is 12.9. The molecule has 3 rings (SSSR count). The molecule has 0 aliphatic carbocycles. The highest BCUT2D eigenvalue weighted by molar-refractivity contribution is 5.81. The highest BCUT2D eigenvalue weighted by atomic mass is 19.3. The number of fused-ring (bicyclic) bond motifs is 1. The van der Waals surface area contributed by atoms with Gasteiger partial charge in [0.05, 0.1) is 12.6 Å². The molecular formula is C21H24F2N4O2. The third kappa shape index (κ3) is 5.92. The number of aliphatic hydroxyl groups excluding tert-OH is 1. The standard InChI is InChI=1S/C21H24F2N4O2/c1-2-24-21(25-12-16-11-15-5-3-4-6-18(15)27-16)26-13-19(28)14-7-9-17(10-8-14)29-20(22)23/h3-11,19-20,27-28H,2,12-13H2,1H3,(H2,24,25,26). The number of halogens is 2. The lowest BCUT2D eigenvalue weighted by Crippen LogP contribution is -2.39. The van der Waals surface area contributed by atoms with Crippen molar-refractivity contribution in [1.82, 2.24) is 15.6 Å². The number of alkyl halides is 2. The van der Waals surface area contributed by atoms with Gasteiger partial charge in [0, 0.05) is 24.3 Å². The molecule has 4 N–H and O–H groups in total. The Bertz CT molecular complexity index is 908. The number of hydrogen-bond acceptors (Lipinski definition) is 3. The van der Waals surface area contributed by atoms with Crippen LogP contribution in [0.25, 0.3) is 10.9 Å². The lowest BCUT2D eigenvalue weighted by molar-refractivity contribution is -0.0498. The van der Waals surface area contributed by atoms with E-state index < -0.39 is 12.7 Å². The number of aromatic amines is 1. The summed E-state index contributed by atoms with van der Waals surface area (Å²) >= 11 is 0. The number of aliphatic imine (C=N–C) groups is 1. The molecule has 8 heteroatoms. The number of benzene rings is 2. The molecule has 0 bridgehead atoms. The van der Waals surface area contributed by atoms with Crippen LogP contribution in [0.3, 0.4) is 0 Å². The number of rotatable bonds is 8. The largest absolute Gasteiger partial charge is 0.435 e. The topological polar surface area (TPSA) is 81.7 Å². The monoisotopic (exact) mass is 402 g/mol. The van der Waals surface area contributed by atoms with Crippen LogP contribution in [0.15, 0.2) is 59.6 Å². The van der Waals surface area contributed by atoms with Gasteiger partial charge in [-0.2, -0.15) is 8.78 Å². The fraction of sp³-hybridized carbons (Fsp3) is 0.286. The second-order valence-corrected chi connectivity index (χ2v) is 6.42. The fourth-order valence-electron chi connectivity index (χ4n) is 2.91. The maximum Gasteiger partial charge on any atom is 0.387 e. The fourth-order valence-corrected chi connectivity index (χ4v) is 2.91. The first-order chi connectivity index (χ1) is 14.0. The van der Waals surface area contributed by atoms with Crippen LogP contribution in [-0.2, 0) is 6.54 Å². The van der Waals surface area contributed by atoms with Crippen LogP contribution < -0.4 is 15.4 Å². The third-order valence-corrected chi connectivity index (χ3v) is 4.29. The quantitative estimate of drug-likeness (QED) is 0.343. The predicted octanol–water partition coefficient (Wildman–Crippen LogP) is 3.56. The summed E-state index contributed by atoms with van der Waals surface area (Å²) in [7, 11) is 0. The molecule has 2 aromatic carbocycles. The summed E-state index contributed by atoms with van der Waals surface area (Å²) in [4.78, 5) is 7.87. The average molecular weight is 402 g/mol. The molecule has 0 aliphatic rings. The molecule has 3 aromatic rings. The van der Waals surface area contributed by atoms with E-state index in [0.29, 0.717) is 24.6 Å². The summed E-state index contributed by atoms with van der Waals surface area (Å²) in [5.41, 5.74) is 2.63. The summed E-state index contributed by atoms with van der Waals surface area (Å²) < 4.78 is 28.7. The van der Waals surface area contributed by atoms with Gasteiger partial charge in [0.25, 0.3) is 0 Å². The number of para-hydroxylation sites is 1. The minimum Gasteiger partial charge on any atom is -0.435 e. The van der Waals surface area contributed by atoms with Crippen LogP contribution in [0.1, 0.15) is 24.3 Å². The number of aromatic nitrogens is 1. The van der Waals surface area contributed by atoms with Crippen LogP contribution >= 0.6 is 0 Å². The van der Waals surface area contributed by atoms with Gasteiger partial charge in [0.15, 0.2) is 5.96 Å². The van der Waals surface area contributed by atoms with Gasteiger partial charge >= 0.3 is 6.61 Å². The van der Waals surface area contributed by atoms with Crippen molar-refractivity contribution in [3.05, 3.63) is 65.9 Å². The Hall–Kier alpha value is -3.13. The number of ether oxygens (including phenoxy) is 1. The Balaban J connectivity index is 1.58. The van der Waals surface area contributed by atoms with Crippen LogP contribution in [0, 0.1) is 0 Å². The summed E-state index contributed by atoms with van der Waals surface area (Å²) in [6.45, 7) is 0.434. The summed E-state index contributed by atoms with van der Waals surface area (Å²) in [5, 5.41) is 17.7. The SMILES string of the molecule is CCNC(=NCc1cc2ccccc2[nH]1)NCC(O)c1ccc(OC(F)F)cc1. The van der Waals surface area contributed by atoms with Gasteiger partial charge in [-0.1, -0.05) is 30.3 Å². The van der Waals surface area contributed by atoms with Gasteiger partial charge in [-0.3, -0.25) is 0 Å². The van der Waals surface area contributed by atoms with E-state index in [0.717, 1.165) is 16.6 Å². The molecule has 29 heavy (non-hydrogen) atoms. The number of nitrogens with zero attached hydrogens (tertiary/aromatic N) is 1. The van der Waals surface area contributed by atoms with Crippen LogP contribution in [-0.4, -0.2) is 35.8 Å². The van der Waals surface area contributed by atoms with Crippen molar-refractivity contribution in [3.63, 3.8) is 0 Å². The molecule has 6 nitrogen and oxygen atoms in total. The van der Waals surface area contributed by atoms with Gasteiger partial charge in [0.1, 0.15) is 5.75 Å². The van der Waals surface area contributed by atoms with E-state index in [1.807, 2.05) is 31.2 Å². The van der Waals surface area contributed by atoms with E-state index in [1.54, 1.807) is 12.1 Å². The van der Waals surface area contributed by atoms with E-state index >= 15 is 0 Å². The van der Waals surface area contributed by atoms with Crippen molar-refractivity contribution < 1.29 is 18.6 Å². The second kappa shape index (κ2) is 9.88. The molecule has 1 atom stereocenters. The van der Waals surface area contributed by atoms with Gasteiger partial charge in [-0.15, -0.1) is 0 Å².